The molecule has 1 saturated heterocycles. The Morgan fingerprint density at radius 3 is 2.75 bits per heavy atom. The Bertz CT molecular complexity index is 585. The van der Waals surface area contributed by atoms with E-state index in [4.69, 9.17) is 5.73 Å². The Morgan fingerprint density at radius 1 is 1.20 bits per heavy atom. The molecule has 104 valence electrons. The molecule has 2 N–H and O–H groups in total. The smallest absolute Gasteiger partial charge is 0.151 e. The Hall–Kier alpha value is -1.46. The molecule has 2 heterocycles. The maximum Gasteiger partial charge on any atom is 0.151 e. The van der Waals surface area contributed by atoms with Crippen molar-refractivity contribution in [3.05, 3.63) is 40.9 Å². The van der Waals surface area contributed by atoms with E-state index < -0.39 is 0 Å². The topological polar surface area (TPSA) is 55.0 Å². The van der Waals surface area contributed by atoms with E-state index >= 15 is 0 Å². The van der Waals surface area contributed by atoms with Gasteiger partial charge < -0.3 is 10.6 Å². The molecule has 3 rings (SSSR count). The van der Waals surface area contributed by atoms with Crippen LogP contribution in [0, 0.1) is 0 Å². The maximum atomic E-state index is 5.81. The summed E-state index contributed by atoms with van der Waals surface area (Å²) in [5.74, 6) is 0.925. The normalized spacial score (nSPS) is 18.5. The fourth-order valence-electron chi connectivity index (χ4n) is 2.67. The number of nitrogens with zero attached hydrogens (tertiary/aromatic N) is 3. The standard InChI is InChI=1S/C15H17BrN4/c16-13-6-2-1-5-12(13)14-7-8-15(19-18-14)20-9-3-4-11(20)10-17/h1-2,5-8,11H,3-4,9-10,17H2. The molecule has 1 fully saturated rings. The first kappa shape index (κ1) is 13.5. The first-order valence-corrected chi connectivity index (χ1v) is 7.64. The summed E-state index contributed by atoms with van der Waals surface area (Å²) in [5, 5.41) is 8.74. The third-order valence-electron chi connectivity index (χ3n) is 3.74. The molecule has 1 unspecified atom stereocenters. The molecule has 0 aliphatic carbocycles. The van der Waals surface area contributed by atoms with Gasteiger partial charge in [-0.3, -0.25) is 0 Å². The number of halogens is 1. The van der Waals surface area contributed by atoms with E-state index in [9.17, 15) is 0 Å². The van der Waals surface area contributed by atoms with Crippen molar-refractivity contribution in [3.8, 4) is 11.3 Å². The van der Waals surface area contributed by atoms with Crippen LogP contribution in [-0.2, 0) is 0 Å². The summed E-state index contributed by atoms with van der Waals surface area (Å²) in [6, 6.07) is 12.5. The van der Waals surface area contributed by atoms with Gasteiger partial charge in [0.2, 0.25) is 0 Å². The lowest BCUT2D eigenvalue weighted by Gasteiger charge is -2.23. The van der Waals surface area contributed by atoms with E-state index in [1.807, 2.05) is 36.4 Å². The van der Waals surface area contributed by atoms with Crippen LogP contribution in [-0.4, -0.2) is 29.3 Å². The highest BCUT2D eigenvalue weighted by Crippen LogP contribution is 2.28. The Morgan fingerprint density at radius 2 is 2.05 bits per heavy atom. The third-order valence-corrected chi connectivity index (χ3v) is 4.44. The lowest BCUT2D eigenvalue weighted by molar-refractivity contribution is 0.668. The van der Waals surface area contributed by atoms with Gasteiger partial charge in [0, 0.05) is 29.2 Å². The highest BCUT2D eigenvalue weighted by Gasteiger charge is 2.24. The van der Waals surface area contributed by atoms with Crippen LogP contribution in [0.5, 0.6) is 0 Å². The fourth-order valence-corrected chi connectivity index (χ4v) is 3.16. The molecule has 1 atom stereocenters. The molecule has 1 aliphatic rings. The van der Waals surface area contributed by atoms with Crippen LogP contribution in [0.1, 0.15) is 12.8 Å². The predicted octanol–water partition coefficient (Wildman–Crippen LogP) is 2.83. The van der Waals surface area contributed by atoms with Gasteiger partial charge in [0.1, 0.15) is 0 Å². The molecule has 0 bridgehead atoms. The molecule has 2 aromatic rings. The molecule has 4 nitrogen and oxygen atoms in total. The van der Waals surface area contributed by atoms with E-state index in [0.29, 0.717) is 12.6 Å². The van der Waals surface area contributed by atoms with Gasteiger partial charge in [0.15, 0.2) is 5.82 Å². The summed E-state index contributed by atoms with van der Waals surface area (Å²) in [6.07, 6.45) is 2.32. The molecule has 20 heavy (non-hydrogen) atoms. The quantitative estimate of drug-likeness (QED) is 0.938. The molecule has 5 heteroatoms. The van der Waals surface area contributed by atoms with Crippen molar-refractivity contribution in [3.63, 3.8) is 0 Å². The molecule has 1 aliphatic heterocycles. The molecular weight excluding hydrogens is 316 g/mol. The van der Waals surface area contributed by atoms with Crippen molar-refractivity contribution < 1.29 is 0 Å². The third kappa shape index (κ3) is 2.55. The van der Waals surface area contributed by atoms with E-state index in [1.54, 1.807) is 0 Å². The number of hydrogen-bond acceptors (Lipinski definition) is 4. The van der Waals surface area contributed by atoms with Gasteiger partial charge in [-0.15, -0.1) is 10.2 Å². The Labute approximate surface area is 127 Å². The zero-order valence-electron chi connectivity index (χ0n) is 11.2. The van der Waals surface area contributed by atoms with Gasteiger partial charge in [-0.05, 0) is 31.0 Å². The van der Waals surface area contributed by atoms with Gasteiger partial charge in [0.05, 0.1) is 5.69 Å². The maximum absolute atomic E-state index is 5.81. The minimum atomic E-state index is 0.401. The summed E-state index contributed by atoms with van der Waals surface area (Å²) in [5.41, 5.74) is 7.74. The van der Waals surface area contributed by atoms with Crippen molar-refractivity contribution in [2.75, 3.05) is 18.0 Å². The number of nitrogens with two attached hydrogens (primary N) is 1. The fraction of sp³-hybridized carbons (Fsp3) is 0.333. The SMILES string of the molecule is NCC1CCCN1c1ccc(-c2ccccc2Br)nn1. The molecule has 1 aromatic carbocycles. The monoisotopic (exact) mass is 332 g/mol. The van der Waals surface area contributed by atoms with E-state index in [2.05, 4.69) is 31.0 Å². The van der Waals surface area contributed by atoms with Gasteiger partial charge in [-0.1, -0.05) is 34.1 Å². The molecule has 0 amide bonds. The first-order valence-electron chi connectivity index (χ1n) is 6.85. The van der Waals surface area contributed by atoms with Crippen LogP contribution in [0.2, 0.25) is 0 Å². The second kappa shape index (κ2) is 5.89. The van der Waals surface area contributed by atoms with Gasteiger partial charge in [0.25, 0.3) is 0 Å². The predicted molar refractivity (Wildman–Crippen MR) is 84.6 cm³/mol. The van der Waals surface area contributed by atoms with Crippen LogP contribution in [0.15, 0.2) is 40.9 Å². The summed E-state index contributed by atoms with van der Waals surface area (Å²) in [7, 11) is 0. The number of anilines is 1. The van der Waals surface area contributed by atoms with Crippen molar-refractivity contribution in [2.24, 2.45) is 5.73 Å². The zero-order chi connectivity index (χ0) is 13.9. The molecule has 0 saturated carbocycles. The summed E-state index contributed by atoms with van der Waals surface area (Å²) >= 11 is 3.54. The second-order valence-electron chi connectivity index (χ2n) is 4.98. The van der Waals surface area contributed by atoms with Crippen LogP contribution >= 0.6 is 15.9 Å². The lowest BCUT2D eigenvalue weighted by Crippen LogP contribution is -2.36. The van der Waals surface area contributed by atoms with E-state index in [1.165, 1.54) is 6.42 Å². The summed E-state index contributed by atoms with van der Waals surface area (Å²) < 4.78 is 1.03. The summed E-state index contributed by atoms with van der Waals surface area (Å²) in [6.45, 7) is 1.69. The minimum Gasteiger partial charge on any atom is -0.351 e. The molecule has 1 aromatic heterocycles. The minimum absolute atomic E-state index is 0.401. The Balaban J connectivity index is 1.87. The first-order chi connectivity index (χ1) is 9.79. The average Bonchev–Trinajstić information content (AvgIpc) is 2.96. The van der Waals surface area contributed by atoms with Crippen molar-refractivity contribution >= 4 is 21.7 Å². The van der Waals surface area contributed by atoms with Crippen molar-refractivity contribution in [1.29, 1.82) is 0 Å². The van der Waals surface area contributed by atoms with Crippen LogP contribution in [0.4, 0.5) is 5.82 Å². The number of aromatic nitrogens is 2. The van der Waals surface area contributed by atoms with E-state index in [-0.39, 0.29) is 0 Å². The van der Waals surface area contributed by atoms with Crippen LogP contribution < -0.4 is 10.6 Å². The van der Waals surface area contributed by atoms with Gasteiger partial charge in [-0.25, -0.2) is 0 Å². The number of rotatable bonds is 3. The van der Waals surface area contributed by atoms with Crippen LogP contribution in [0.3, 0.4) is 0 Å². The van der Waals surface area contributed by atoms with Gasteiger partial charge >= 0.3 is 0 Å². The molecular formula is C15H17BrN4. The summed E-state index contributed by atoms with van der Waals surface area (Å²) in [4.78, 5) is 2.26. The largest absolute Gasteiger partial charge is 0.351 e. The molecule has 0 radical (unpaired) electrons. The van der Waals surface area contributed by atoms with Crippen molar-refractivity contribution in [2.45, 2.75) is 18.9 Å². The van der Waals surface area contributed by atoms with Crippen molar-refractivity contribution in [1.82, 2.24) is 10.2 Å². The average molecular weight is 333 g/mol. The second-order valence-corrected chi connectivity index (χ2v) is 5.84. The number of benzene rings is 1. The Kier molecular flexibility index (Phi) is 3.98. The highest BCUT2D eigenvalue weighted by molar-refractivity contribution is 9.10. The number of hydrogen-bond donors (Lipinski definition) is 1. The highest BCUT2D eigenvalue weighted by atomic mass is 79.9. The van der Waals surface area contributed by atoms with E-state index in [0.717, 1.165) is 34.5 Å². The zero-order valence-corrected chi connectivity index (χ0v) is 12.8. The lowest BCUT2D eigenvalue weighted by atomic mass is 10.1. The van der Waals surface area contributed by atoms with Gasteiger partial charge in [-0.2, -0.15) is 0 Å². The molecule has 0 spiro atoms. The van der Waals surface area contributed by atoms with Crippen LogP contribution in [0.25, 0.3) is 11.3 Å².